The molecule has 0 heterocycles. The summed E-state index contributed by atoms with van der Waals surface area (Å²) in [7, 11) is 0. The lowest BCUT2D eigenvalue weighted by Crippen LogP contribution is -2.45. The molecule has 0 aliphatic carbocycles. The molecule has 3 N–H and O–H groups in total. The van der Waals surface area contributed by atoms with E-state index in [-0.39, 0.29) is 12.5 Å². The van der Waals surface area contributed by atoms with Crippen LogP contribution in [-0.4, -0.2) is 34.9 Å². The van der Waals surface area contributed by atoms with Gasteiger partial charge in [-0.15, -0.1) is 0 Å². The van der Waals surface area contributed by atoms with Crippen LogP contribution in [0.1, 0.15) is 187 Å². The average Bonchev–Trinajstić information content (AvgIpc) is 3.01. The first-order valence-electron chi connectivity index (χ1n) is 18.7. The number of amides is 1. The van der Waals surface area contributed by atoms with E-state index in [9.17, 15) is 15.0 Å². The second kappa shape index (κ2) is 35.1. The van der Waals surface area contributed by atoms with Crippen molar-refractivity contribution < 1.29 is 15.0 Å². The number of carbonyl (C=O) groups excluding carboxylic acids is 1. The van der Waals surface area contributed by atoms with Gasteiger partial charge in [-0.1, -0.05) is 159 Å². The van der Waals surface area contributed by atoms with Crippen LogP contribution in [0.4, 0.5) is 0 Å². The fourth-order valence-corrected chi connectivity index (χ4v) is 5.42. The zero-order valence-corrected chi connectivity index (χ0v) is 28.7. The summed E-state index contributed by atoms with van der Waals surface area (Å²) in [5, 5.41) is 22.8. The summed E-state index contributed by atoms with van der Waals surface area (Å²) >= 11 is 0. The fraction of sp³-hybridized carbons (Fsp3) is 0.821. The fourth-order valence-electron chi connectivity index (χ4n) is 5.42. The van der Waals surface area contributed by atoms with Crippen molar-refractivity contribution in [3.63, 3.8) is 0 Å². The number of allylic oxidation sites excluding steroid dienone is 5. The Hall–Kier alpha value is -1.39. The monoisotopic (exact) mass is 604 g/mol. The average molecular weight is 604 g/mol. The summed E-state index contributed by atoms with van der Waals surface area (Å²) in [5.41, 5.74) is 0. The Labute approximate surface area is 268 Å². The van der Waals surface area contributed by atoms with Crippen LogP contribution in [0, 0.1) is 0 Å². The number of hydrogen-bond donors (Lipinski definition) is 3. The summed E-state index contributed by atoms with van der Waals surface area (Å²) in [6, 6.07) is -0.638. The van der Waals surface area contributed by atoms with Crippen molar-refractivity contribution in [1.29, 1.82) is 0 Å². The van der Waals surface area contributed by atoms with E-state index in [1.54, 1.807) is 6.08 Å². The molecular weight excluding hydrogens is 530 g/mol. The molecule has 0 aromatic carbocycles. The van der Waals surface area contributed by atoms with Crippen molar-refractivity contribution in [1.82, 2.24) is 5.32 Å². The van der Waals surface area contributed by atoms with E-state index >= 15 is 0 Å². The maximum atomic E-state index is 12.3. The van der Waals surface area contributed by atoms with Crippen molar-refractivity contribution in [2.45, 2.75) is 199 Å². The highest BCUT2D eigenvalue weighted by Crippen LogP contribution is 2.12. The Morgan fingerprint density at radius 1 is 0.535 bits per heavy atom. The van der Waals surface area contributed by atoms with Crippen LogP contribution < -0.4 is 5.32 Å². The molecule has 4 nitrogen and oxygen atoms in total. The molecule has 252 valence electrons. The number of rotatable bonds is 33. The molecule has 2 atom stereocenters. The lowest BCUT2D eigenvalue weighted by molar-refractivity contribution is -0.123. The molecule has 0 aromatic rings. The second-order valence-electron chi connectivity index (χ2n) is 12.6. The van der Waals surface area contributed by atoms with Crippen LogP contribution in [0.25, 0.3) is 0 Å². The van der Waals surface area contributed by atoms with Gasteiger partial charge in [-0.2, -0.15) is 0 Å². The van der Waals surface area contributed by atoms with Gasteiger partial charge in [-0.05, 0) is 57.8 Å². The first-order valence-corrected chi connectivity index (χ1v) is 18.7. The van der Waals surface area contributed by atoms with Gasteiger partial charge in [0.25, 0.3) is 0 Å². The normalized spacial score (nSPS) is 13.5. The highest BCUT2D eigenvalue weighted by molar-refractivity contribution is 5.76. The predicted octanol–water partition coefficient (Wildman–Crippen LogP) is 11.1. The number of aliphatic hydroxyl groups is 2. The van der Waals surface area contributed by atoms with Crippen LogP contribution in [0.3, 0.4) is 0 Å². The molecule has 0 aromatic heterocycles. The molecule has 0 rings (SSSR count). The quantitative estimate of drug-likeness (QED) is 0.0516. The van der Waals surface area contributed by atoms with Crippen molar-refractivity contribution in [3.8, 4) is 0 Å². The van der Waals surface area contributed by atoms with Gasteiger partial charge in [0.15, 0.2) is 0 Å². The first kappa shape index (κ1) is 41.6. The third kappa shape index (κ3) is 31.8. The van der Waals surface area contributed by atoms with Crippen LogP contribution in [-0.2, 0) is 4.79 Å². The SMILES string of the molecule is CCCCCCCCC/C=C\CCCCCCCCCC(=O)NC(CO)C(O)/C=C/CC/C=C/CCCCCCCCC. The van der Waals surface area contributed by atoms with Crippen molar-refractivity contribution in [2.24, 2.45) is 0 Å². The summed E-state index contributed by atoms with van der Waals surface area (Å²) in [5.74, 6) is -0.0805. The Morgan fingerprint density at radius 2 is 0.907 bits per heavy atom. The van der Waals surface area contributed by atoms with E-state index in [1.807, 2.05) is 6.08 Å². The summed E-state index contributed by atoms with van der Waals surface area (Å²) in [4.78, 5) is 12.3. The standard InChI is InChI=1S/C39H73NO3/c1-3-5-7-9-11-13-15-17-18-19-20-21-23-25-27-29-31-33-35-39(43)40-37(36-41)38(42)34-32-30-28-26-24-22-16-14-12-10-8-6-4-2/h18-19,24,26,32,34,37-38,41-42H,3-17,20-23,25,27-31,33,35-36H2,1-2H3,(H,40,43)/b19-18-,26-24+,34-32+. The van der Waals surface area contributed by atoms with Crippen LogP contribution >= 0.6 is 0 Å². The Balaban J connectivity index is 3.66. The number of unbranched alkanes of at least 4 members (excludes halogenated alkanes) is 22. The molecule has 1 amide bonds. The maximum Gasteiger partial charge on any atom is 0.220 e. The Morgan fingerprint density at radius 3 is 1.35 bits per heavy atom. The molecule has 0 spiro atoms. The second-order valence-corrected chi connectivity index (χ2v) is 12.6. The molecule has 2 unspecified atom stereocenters. The van der Waals surface area contributed by atoms with E-state index in [0.29, 0.717) is 6.42 Å². The minimum atomic E-state index is -0.860. The van der Waals surface area contributed by atoms with Gasteiger partial charge in [0.1, 0.15) is 0 Å². The van der Waals surface area contributed by atoms with Crippen molar-refractivity contribution >= 4 is 5.91 Å². The molecule has 0 bridgehead atoms. The van der Waals surface area contributed by atoms with Gasteiger partial charge < -0.3 is 15.5 Å². The topological polar surface area (TPSA) is 69.6 Å². The van der Waals surface area contributed by atoms with E-state index in [2.05, 4.69) is 43.5 Å². The maximum absolute atomic E-state index is 12.3. The predicted molar refractivity (Wildman–Crippen MR) is 188 cm³/mol. The highest BCUT2D eigenvalue weighted by Gasteiger charge is 2.17. The zero-order valence-electron chi connectivity index (χ0n) is 28.7. The van der Waals surface area contributed by atoms with Gasteiger partial charge in [0.05, 0.1) is 18.8 Å². The van der Waals surface area contributed by atoms with Crippen molar-refractivity contribution in [2.75, 3.05) is 6.61 Å². The lowest BCUT2D eigenvalue weighted by atomic mass is 10.1. The van der Waals surface area contributed by atoms with Gasteiger partial charge >= 0.3 is 0 Å². The van der Waals surface area contributed by atoms with Gasteiger partial charge in [0.2, 0.25) is 5.91 Å². The minimum absolute atomic E-state index is 0.0805. The van der Waals surface area contributed by atoms with Crippen molar-refractivity contribution in [3.05, 3.63) is 36.5 Å². The zero-order chi connectivity index (χ0) is 31.5. The molecule has 0 saturated carbocycles. The molecule has 43 heavy (non-hydrogen) atoms. The number of aliphatic hydroxyl groups excluding tert-OH is 2. The molecular formula is C39H73NO3. The number of carbonyl (C=O) groups is 1. The smallest absolute Gasteiger partial charge is 0.220 e. The molecule has 0 radical (unpaired) electrons. The molecule has 0 aliphatic heterocycles. The van der Waals surface area contributed by atoms with Gasteiger partial charge in [-0.3, -0.25) is 4.79 Å². The van der Waals surface area contributed by atoms with Crippen LogP contribution in [0.5, 0.6) is 0 Å². The van der Waals surface area contributed by atoms with Crippen LogP contribution in [0.2, 0.25) is 0 Å². The molecule has 0 saturated heterocycles. The lowest BCUT2D eigenvalue weighted by Gasteiger charge is -2.19. The molecule has 0 aliphatic rings. The van der Waals surface area contributed by atoms with E-state index < -0.39 is 12.1 Å². The number of nitrogens with one attached hydrogen (secondary N) is 1. The molecule has 0 fully saturated rings. The third-order valence-corrected chi connectivity index (χ3v) is 8.35. The summed E-state index contributed by atoms with van der Waals surface area (Å²) < 4.78 is 0. The van der Waals surface area contributed by atoms with E-state index in [0.717, 1.165) is 32.1 Å². The van der Waals surface area contributed by atoms with Gasteiger partial charge in [0, 0.05) is 6.42 Å². The Kier molecular flexibility index (Phi) is 34.0. The van der Waals surface area contributed by atoms with E-state index in [1.165, 1.54) is 135 Å². The first-order chi connectivity index (χ1) is 21.2. The Bertz CT molecular complexity index is 657. The third-order valence-electron chi connectivity index (χ3n) is 8.35. The summed E-state index contributed by atoms with van der Waals surface area (Å²) in [6.45, 7) is 4.27. The largest absolute Gasteiger partial charge is 0.394 e. The molecule has 4 heteroatoms. The van der Waals surface area contributed by atoms with E-state index in [4.69, 9.17) is 0 Å². The number of hydrogen-bond acceptors (Lipinski definition) is 3. The highest BCUT2D eigenvalue weighted by atomic mass is 16.3. The van der Waals surface area contributed by atoms with Gasteiger partial charge in [-0.25, -0.2) is 0 Å². The minimum Gasteiger partial charge on any atom is -0.394 e. The summed E-state index contributed by atoms with van der Waals surface area (Å²) in [6.07, 6.45) is 45.1. The van der Waals surface area contributed by atoms with Crippen LogP contribution in [0.15, 0.2) is 36.5 Å².